The molecule has 16 heavy (non-hydrogen) atoms. The van der Waals surface area contributed by atoms with Gasteiger partial charge in [0.25, 0.3) is 0 Å². The number of nitrogens with zero attached hydrogens (tertiary/aromatic N) is 2. The Hall–Kier alpha value is -0.350. The molecule has 3 nitrogen and oxygen atoms in total. The quantitative estimate of drug-likeness (QED) is 0.871. The molecule has 0 amide bonds. The standard InChI is InChI=1S/C12H22BrN3/c1-5-12(4,6-2)15-10(3)8-16-9-11(13)7-14-16/h7,9-10,15H,5-6,8H2,1-4H3. The minimum atomic E-state index is 0.240. The van der Waals surface area contributed by atoms with Crippen molar-refractivity contribution in [3.8, 4) is 0 Å². The summed E-state index contributed by atoms with van der Waals surface area (Å²) < 4.78 is 3.00. The van der Waals surface area contributed by atoms with Crippen molar-refractivity contribution in [1.29, 1.82) is 0 Å². The van der Waals surface area contributed by atoms with Crippen molar-refractivity contribution in [1.82, 2.24) is 15.1 Å². The van der Waals surface area contributed by atoms with Crippen LogP contribution in [0.4, 0.5) is 0 Å². The fraction of sp³-hybridized carbons (Fsp3) is 0.750. The molecule has 92 valence electrons. The highest BCUT2D eigenvalue weighted by molar-refractivity contribution is 9.10. The third-order valence-corrected chi connectivity index (χ3v) is 3.63. The van der Waals surface area contributed by atoms with E-state index in [1.807, 2.05) is 17.1 Å². The molecule has 1 aromatic rings. The molecule has 0 spiro atoms. The topological polar surface area (TPSA) is 29.9 Å². The lowest BCUT2D eigenvalue weighted by Gasteiger charge is -2.32. The van der Waals surface area contributed by atoms with E-state index in [9.17, 15) is 0 Å². The zero-order chi connectivity index (χ0) is 12.2. The van der Waals surface area contributed by atoms with E-state index >= 15 is 0 Å². The molecule has 0 aliphatic carbocycles. The molecular weight excluding hydrogens is 266 g/mol. The molecule has 0 saturated heterocycles. The van der Waals surface area contributed by atoms with Crippen molar-refractivity contribution < 1.29 is 0 Å². The van der Waals surface area contributed by atoms with Crippen LogP contribution in [0.3, 0.4) is 0 Å². The van der Waals surface area contributed by atoms with Gasteiger partial charge in [0.15, 0.2) is 0 Å². The summed E-state index contributed by atoms with van der Waals surface area (Å²) in [7, 11) is 0. The molecule has 0 aromatic carbocycles. The van der Waals surface area contributed by atoms with E-state index in [0.29, 0.717) is 6.04 Å². The maximum absolute atomic E-state index is 4.27. The Bertz CT molecular complexity index is 318. The van der Waals surface area contributed by atoms with Gasteiger partial charge in [0.1, 0.15) is 0 Å². The van der Waals surface area contributed by atoms with Crippen molar-refractivity contribution in [2.24, 2.45) is 0 Å². The lowest BCUT2D eigenvalue weighted by atomic mass is 9.94. The van der Waals surface area contributed by atoms with Gasteiger partial charge >= 0.3 is 0 Å². The monoisotopic (exact) mass is 287 g/mol. The normalized spacial score (nSPS) is 14.1. The smallest absolute Gasteiger partial charge is 0.0632 e. The number of nitrogens with one attached hydrogen (secondary N) is 1. The summed E-state index contributed by atoms with van der Waals surface area (Å²) in [5, 5.41) is 7.94. The van der Waals surface area contributed by atoms with E-state index in [0.717, 1.165) is 23.9 Å². The van der Waals surface area contributed by atoms with E-state index in [1.165, 1.54) is 0 Å². The van der Waals surface area contributed by atoms with Gasteiger partial charge in [0, 0.05) is 17.8 Å². The van der Waals surface area contributed by atoms with Crippen molar-refractivity contribution in [3.05, 3.63) is 16.9 Å². The average Bonchev–Trinajstić information content (AvgIpc) is 2.63. The van der Waals surface area contributed by atoms with E-state index in [1.54, 1.807) is 0 Å². The second kappa shape index (κ2) is 5.82. The summed E-state index contributed by atoms with van der Waals surface area (Å²) in [5.41, 5.74) is 0.240. The summed E-state index contributed by atoms with van der Waals surface area (Å²) in [5.74, 6) is 0. The largest absolute Gasteiger partial charge is 0.307 e. The van der Waals surface area contributed by atoms with Gasteiger partial charge in [-0.25, -0.2) is 0 Å². The van der Waals surface area contributed by atoms with E-state index in [4.69, 9.17) is 0 Å². The summed E-state index contributed by atoms with van der Waals surface area (Å²) in [6.45, 7) is 9.85. The van der Waals surface area contributed by atoms with Gasteiger partial charge < -0.3 is 5.32 Å². The molecule has 1 atom stereocenters. The van der Waals surface area contributed by atoms with Gasteiger partial charge in [-0.2, -0.15) is 5.10 Å². The van der Waals surface area contributed by atoms with Gasteiger partial charge in [-0.1, -0.05) is 13.8 Å². The van der Waals surface area contributed by atoms with Gasteiger partial charge in [-0.05, 0) is 42.6 Å². The van der Waals surface area contributed by atoms with E-state index < -0.39 is 0 Å². The van der Waals surface area contributed by atoms with Crippen LogP contribution in [-0.4, -0.2) is 21.4 Å². The first-order valence-corrected chi connectivity index (χ1v) is 6.74. The van der Waals surface area contributed by atoms with Crippen LogP contribution in [0, 0.1) is 0 Å². The molecule has 1 aromatic heterocycles. The molecule has 4 heteroatoms. The third-order valence-electron chi connectivity index (χ3n) is 3.22. The molecule has 0 fully saturated rings. The van der Waals surface area contributed by atoms with Crippen molar-refractivity contribution >= 4 is 15.9 Å². The van der Waals surface area contributed by atoms with Crippen molar-refractivity contribution in [2.45, 2.75) is 58.7 Å². The zero-order valence-corrected chi connectivity index (χ0v) is 12.2. The van der Waals surface area contributed by atoms with Gasteiger partial charge in [-0.15, -0.1) is 0 Å². The molecule has 1 unspecified atom stereocenters. The number of rotatable bonds is 6. The molecule has 0 saturated carbocycles. The Balaban J connectivity index is 2.50. The first-order chi connectivity index (χ1) is 7.49. The first kappa shape index (κ1) is 13.7. The van der Waals surface area contributed by atoms with E-state index in [-0.39, 0.29) is 5.54 Å². The molecule has 1 heterocycles. The highest BCUT2D eigenvalue weighted by atomic mass is 79.9. The van der Waals surface area contributed by atoms with Crippen LogP contribution < -0.4 is 5.32 Å². The van der Waals surface area contributed by atoms with Crippen molar-refractivity contribution in [2.75, 3.05) is 0 Å². The second-order valence-electron chi connectivity index (χ2n) is 4.69. The van der Waals surface area contributed by atoms with Crippen LogP contribution in [0.25, 0.3) is 0 Å². The molecule has 1 N–H and O–H groups in total. The van der Waals surface area contributed by atoms with Crippen LogP contribution in [0.2, 0.25) is 0 Å². The molecule has 0 aliphatic rings. The molecule has 0 radical (unpaired) electrons. The molecule has 0 aliphatic heterocycles. The Morgan fingerprint density at radius 1 is 1.50 bits per heavy atom. The minimum absolute atomic E-state index is 0.240. The Labute approximate surface area is 107 Å². The van der Waals surface area contributed by atoms with Gasteiger partial charge in [0.05, 0.1) is 17.2 Å². The highest BCUT2D eigenvalue weighted by Crippen LogP contribution is 2.15. The molecule has 0 bridgehead atoms. The first-order valence-electron chi connectivity index (χ1n) is 5.94. The maximum atomic E-state index is 4.27. The Kier molecular flexibility index (Phi) is 4.99. The SMILES string of the molecule is CCC(C)(CC)NC(C)Cn1cc(Br)cn1. The Morgan fingerprint density at radius 3 is 2.56 bits per heavy atom. The predicted octanol–water partition coefficient (Wildman–Crippen LogP) is 3.20. The lowest BCUT2D eigenvalue weighted by Crippen LogP contribution is -2.47. The highest BCUT2D eigenvalue weighted by Gasteiger charge is 2.21. The summed E-state index contributed by atoms with van der Waals surface area (Å²) in [4.78, 5) is 0. The van der Waals surface area contributed by atoms with Gasteiger partial charge in [0.2, 0.25) is 0 Å². The van der Waals surface area contributed by atoms with Crippen LogP contribution in [-0.2, 0) is 6.54 Å². The summed E-state index contributed by atoms with van der Waals surface area (Å²) >= 11 is 3.41. The number of hydrogen-bond donors (Lipinski definition) is 1. The number of hydrogen-bond acceptors (Lipinski definition) is 2. The Morgan fingerprint density at radius 2 is 2.12 bits per heavy atom. The van der Waals surface area contributed by atoms with Crippen molar-refractivity contribution in [3.63, 3.8) is 0 Å². The fourth-order valence-electron chi connectivity index (χ4n) is 1.81. The van der Waals surface area contributed by atoms with Gasteiger partial charge in [-0.3, -0.25) is 4.68 Å². The molecular formula is C12H22BrN3. The predicted molar refractivity (Wildman–Crippen MR) is 71.5 cm³/mol. The maximum Gasteiger partial charge on any atom is 0.0632 e. The van der Waals surface area contributed by atoms with Crippen LogP contribution in [0.1, 0.15) is 40.5 Å². The second-order valence-corrected chi connectivity index (χ2v) is 5.61. The third kappa shape index (κ3) is 3.91. The number of aromatic nitrogens is 2. The van der Waals surface area contributed by atoms with Crippen LogP contribution in [0.5, 0.6) is 0 Å². The minimum Gasteiger partial charge on any atom is -0.307 e. The summed E-state index contributed by atoms with van der Waals surface area (Å²) in [6.07, 6.45) is 6.13. The fourth-order valence-corrected chi connectivity index (χ4v) is 2.14. The zero-order valence-electron chi connectivity index (χ0n) is 10.6. The summed E-state index contributed by atoms with van der Waals surface area (Å²) in [6, 6.07) is 0.428. The van der Waals surface area contributed by atoms with Crippen LogP contribution in [0.15, 0.2) is 16.9 Å². The number of halogens is 1. The van der Waals surface area contributed by atoms with E-state index in [2.05, 4.69) is 54.0 Å². The molecule has 1 rings (SSSR count). The van der Waals surface area contributed by atoms with Crippen LogP contribution >= 0.6 is 15.9 Å². The average molecular weight is 288 g/mol. The lowest BCUT2D eigenvalue weighted by molar-refractivity contribution is 0.278.